The van der Waals surface area contributed by atoms with Gasteiger partial charge in [-0.3, -0.25) is 4.99 Å². The molecular formula is C17H25BrIN5O. The topological polar surface area (TPSA) is 75.3 Å². The summed E-state index contributed by atoms with van der Waals surface area (Å²) in [6.07, 6.45) is 2.13. The predicted octanol–water partition coefficient (Wildman–Crippen LogP) is 3.69. The number of nitrogens with zero attached hydrogens (tertiary/aromatic N) is 3. The van der Waals surface area contributed by atoms with Crippen LogP contribution in [0, 0.1) is 12.8 Å². The number of halogens is 2. The highest BCUT2D eigenvalue weighted by Gasteiger charge is 2.10. The quantitative estimate of drug-likeness (QED) is 0.330. The first-order chi connectivity index (χ1) is 11.6. The van der Waals surface area contributed by atoms with Crippen molar-refractivity contribution in [2.75, 3.05) is 13.6 Å². The Balaban J connectivity index is 0.00000312. The van der Waals surface area contributed by atoms with Gasteiger partial charge in [0.15, 0.2) is 11.8 Å². The largest absolute Gasteiger partial charge is 0.356 e. The average Bonchev–Trinajstić information content (AvgIpc) is 2.99. The normalized spacial score (nSPS) is 12.4. The second-order valence-electron chi connectivity index (χ2n) is 5.64. The van der Waals surface area contributed by atoms with Gasteiger partial charge < -0.3 is 15.2 Å². The molecule has 8 heteroatoms. The van der Waals surface area contributed by atoms with Gasteiger partial charge in [-0.05, 0) is 30.0 Å². The Bertz CT molecular complexity index is 677. The molecule has 0 spiro atoms. The van der Waals surface area contributed by atoms with E-state index in [0.717, 1.165) is 29.8 Å². The van der Waals surface area contributed by atoms with E-state index < -0.39 is 0 Å². The second kappa shape index (κ2) is 11.5. The monoisotopic (exact) mass is 521 g/mol. The summed E-state index contributed by atoms with van der Waals surface area (Å²) >= 11 is 3.53. The SMILES string of the molecule is CCC(CNC(=NC)NCc1noc(C)n1)Cc1cccc(Br)c1.I. The van der Waals surface area contributed by atoms with Gasteiger partial charge in [-0.1, -0.05) is 46.6 Å². The van der Waals surface area contributed by atoms with Gasteiger partial charge in [0.2, 0.25) is 5.89 Å². The van der Waals surface area contributed by atoms with Crippen molar-refractivity contribution in [2.24, 2.45) is 10.9 Å². The van der Waals surface area contributed by atoms with E-state index in [0.29, 0.717) is 24.2 Å². The maximum atomic E-state index is 4.96. The van der Waals surface area contributed by atoms with Crippen LogP contribution in [0.25, 0.3) is 0 Å². The summed E-state index contributed by atoms with van der Waals surface area (Å²) in [5.41, 5.74) is 1.34. The fourth-order valence-electron chi connectivity index (χ4n) is 2.40. The molecule has 0 aliphatic carbocycles. The summed E-state index contributed by atoms with van der Waals surface area (Å²) in [5, 5.41) is 10.4. The number of benzene rings is 1. The molecular weight excluding hydrogens is 497 g/mol. The van der Waals surface area contributed by atoms with Crippen molar-refractivity contribution in [1.82, 2.24) is 20.8 Å². The fraction of sp³-hybridized carbons (Fsp3) is 0.471. The maximum Gasteiger partial charge on any atom is 0.223 e. The number of hydrogen-bond acceptors (Lipinski definition) is 4. The predicted molar refractivity (Wildman–Crippen MR) is 114 cm³/mol. The minimum absolute atomic E-state index is 0. The summed E-state index contributed by atoms with van der Waals surface area (Å²) < 4.78 is 6.08. The lowest BCUT2D eigenvalue weighted by atomic mass is 9.97. The molecule has 25 heavy (non-hydrogen) atoms. The number of hydrogen-bond donors (Lipinski definition) is 2. The summed E-state index contributed by atoms with van der Waals surface area (Å²) in [5.74, 6) is 2.46. The van der Waals surface area contributed by atoms with Crippen LogP contribution in [0.5, 0.6) is 0 Å². The molecule has 0 bridgehead atoms. The summed E-state index contributed by atoms with van der Waals surface area (Å²) in [6.45, 7) is 5.33. The number of aryl methyl sites for hydroxylation is 1. The van der Waals surface area contributed by atoms with Crippen LogP contribution in [-0.2, 0) is 13.0 Å². The van der Waals surface area contributed by atoms with Crippen molar-refractivity contribution in [2.45, 2.75) is 33.2 Å². The van der Waals surface area contributed by atoms with Crippen LogP contribution < -0.4 is 10.6 Å². The Hall–Kier alpha value is -1.16. The molecule has 138 valence electrons. The highest BCUT2D eigenvalue weighted by molar-refractivity contribution is 14.0. The molecule has 1 aromatic heterocycles. The summed E-state index contributed by atoms with van der Waals surface area (Å²) in [7, 11) is 1.76. The van der Waals surface area contributed by atoms with Crippen molar-refractivity contribution in [3.63, 3.8) is 0 Å². The molecule has 0 saturated heterocycles. The van der Waals surface area contributed by atoms with E-state index in [1.165, 1.54) is 5.56 Å². The molecule has 0 aliphatic heterocycles. The van der Waals surface area contributed by atoms with E-state index >= 15 is 0 Å². The Labute approximate surface area is 174 Å². The zero-order chi connectivity index (χ0) is 17.4. The van der Waals surface area contributed by atoms with Crippen LogP contribution in [0.15, 0.2) is 38.3 Å². The summed E-state index contributed by atoms with van der Waals surface area (Å²) in [6, 6.07) is 8.47. The lowest BCUT2D eigenvalue weighted by Crippen LogP contribution is -2.39. The van der Waals surface area contributed by atoms with Crippen LogP contribution >= 0.6 is 39.9 Å². The molecule has 2 N–H and O–H groups in total. The van der Waals surface area contributed by atoms with E-state index in [9.17, 15) is 0 Å². The second-order valence-corrected chi connectivity index (χ2v) is 6.56. The standard InChI is InChI=1S/C17H24BrN5O.HI/c1-4-13(8-14-6-5-7-15(18)9-14)10-20-17(19-3)21-11-16-22-12(2)24-23-16;/h5-7,9,13H,4,8,10-11H2,1-3H3,(H2,19,20,21);1H. The lowest BCUT2D eigenvalue weighted by Gasteiger charge is -2.18. The molecule has 0 radical (unpaired) electrons. The van der Waals surface area contributed by atoms with E-state index in [4.69, 9.17) is 4.52 Å². The molecule has 0 amide bonds. The first-order valence-electron chi connectivity index (χ1n) is 8.08. The molecule has 2 aromatic rings. The van der Waals surface area contributed by atoms with Gasteiger partial charge in [0.1, 0.15) is 0 Å². The molecule has 1 aromatic carbocycles. The van der Waals surface area contributed by atoms with Gasteiger partial charge in [0.05, 0.1) is 6.54 Å². The fourth-order valence-corrected chi connectivity index (χ4v) is 2.84. The van der Waals surface area contributed by atoms with E-state index in [1.54, 1.807) is 14.0 Å². The molecule has 1 unspecified atom stereocenters. The number of aliphatic imine (C=N–C) groups is 1. The molecule has 1 heterocycles. The number of rotatable bonds is 7. The first kappa shape index (κ1) is 21.9. The van der Waals surface area contributed by atoms with Crippen LogP contribution in [0.2, 0.25) is 0 Å². The molecule has 6 nitrogen and oxygen atoms in total. The number of aromatic nitrogens is 2. The van der Waals surface area contributed by atoms with Crippen LogP contribution in [0.1, 0.15) is 30.6 Å². The van der Waals surface area contributed by atoms with Crippen molar-refractivity contribution >= 4 is 45.9 Å². The Morgan fingerprint density at radius 3 is 2.76 bits per heavy atom. The van der Waals surface area contributed by atoms with E-state index in [-0.39, 0.29) is 24.0 Å². The molecule has 1 atom stereocenters. The van der Waals surface area contributed by atoms with E-state index in [1.807, 2.05) is 6.07 Å². The molecule has 0 saturated carbocycles. The average molecular weight is 522 g/mol. The molecule has 0 fully saturated rings. The molecule has 2 rings (SSSR count). The van der Waals surface area contributed by atoms with Crippen molar-refractivity contribution < 1.29 is 4.52 Å². The Morgan fingerprint density at radius 2 is 2.16 bits per heavy atom. The van der Waals surface area contributed by atoms with Crippen LogP contribution in [0.3, 0.4) is 0 Å². The third-order valence-corrected chi connectivity index (χ3v) is 4.25. The van der Waals surface area contributed by atoms with E-state index in [2.05, 4.69) is 66.8 Å². The third-order valence-electron chi connectivity index (χ3n) is 3.76. The van der Waals surface area contributed by atoms with Crippen molar-refractivity contribution in [3.8, 4) is 0 Å². The lowest BCUT2D eigenvalue weighted by molar-refractivity contribution is 0.386. The smallest absolute Gasteiger partial charge is 0.223 e. The van der Waals surface area contributed by atoms with Gasteiger partial charge in [-0.15, -0.1) is 24.0 Å². The van der Waals surface area contributed by atoms with Crippen molar-refractivity contribution in [1.29, 1.82) is 0 Å². The number of nitrogens with one attached hydrogen (secondary N) is 2. The third kappa shape index (κ3) is 7.72. The number of guanidine groups is 1. The Kier molecular flexibility index (Phi) is 10.0. The zero-order valence-corrected chi connectivity index (χ0v) is 18.7. The highest BCUT2D eigenvalue weighted by atomic mass is 127. The van der Waals surface area contributed by atoms with Gasteiger partial charge in [-0.25, -0.2) is 0 Å². The first-order valence-corrected chi connectivity index (χ1v) is 8.88. The van der Waals surface area contributed by atoms with Gasteiger partial charge in [-0.2, -0.15) is 4.98 Å². The van der Waals surface area contributed by atoms with Crippen LogP contribution in [-0.4, -0.2) is 29.7 Å². The molecule has 0 aliphatic rings. The van der Waals surface area contributed by atoms with Crippen LogP contribution in [0.4, 0.5) is 0 Å². The van der Waals surface area contributed by atoms with Gasteiger partial charge in [0.25, 0.3) is 0 Å². The minimum Gasteiger partial charge on any atom is -0.356 e. The minimum atomic E-state index is 0. The van der Waals surface area contributed by atoms with Crippen molar-refractivity contribution in [3.05, 3.63) is 46.0 Å². The Morgan fingerprint density at radius 1 is 1.36 bits per heavy atom. The zero-order valence-electron chi connectivity index (χ0n) is 14.8. The summed E-state index contributed by atoms with van der Waals surface area (Å²) in [4.78, 5) is 8.40. The van der Waals surface area contributed by atoms with Gasteiger partial charge in [0, 0.05) is 25.0 Å². The highest BCUT2D eigenvalue weighted by Crippen LogP contribution is 2.16. The van der Waals surface area contributed by atoms with Gasteiger partial charge >= 0.3 is 0 Å². The maximum absolute atomic E-state index is 4.96.